The molecule has 0 saturated carbocycles. The van der Waals surface area contributed by atoms with Gasteiger partial charge in [0.25, 0.3) is 0 Å². The Hall–Kier alpha value is -2.36. The molecule has 9 N–H and O–H groups in total. The second-order valence-electron chi connectivity index (χ2n) is 13.5. The van der Waals surface area contributed by atoms with Gasteiger partial charge in [-0.1, -0.05) is 167 Å². The summed E-state index contributed by atoms with van der Waals surface area (Å²) in [5, 5.41) is 23.9. The van der Waals surface area contributed by atoms with Crippen molar-refractivity contribution < 1.29 is 19.5 Å². The number of carboxylic acid groups (broad SMARTS) is 1. The molecule has 1 unspecified atom stereocenters. The minimum Gasteiger partial charge on any atom is -0.480 e. The van der Waals surface area contributed by atoms with Gasteiger partial charge < -0.3 is 32.5 Å². The summed E-state index contributed by atoms with van der Waals surface area (Å²) in [6.45, 7) is 2.70. The first kappa shape index (κ1) is 44.6. The van der Waals surface area contributed by atoms with Gasteiger partial charge in [0.15, 0.2) is 5.96 Å². The third kappa shape index (κ3) is 32.0. The van der Waals surface area contributed by atoms with Crippen molar-refractivity contribution >= 4 is 23.7 Å². The molecule has 0 rings (SSSR count). The van der Waals surface area contributed by atoms with Gasteiger partial charge in [0.1, 0.15) is 6.04 Å². The second-order valence-corrected chi connectivity index (χ2v) is 13.5. The number of guanidine groups is 1. The summed E-state index contributed by atoms with van der Waals surface area (Å²) >= 11 is 0. The third-order valence-corrected chi connectivity index (χ3v) is 9.01. The number of hydrogen-bond acceptors (Lipinski definition) is 5. The zero-order chi connectivity index (χ0) is 34.8. The molecular formula is C37H74N6O4. The molecule has 0 radical (unpaired) electrons. The third-order valence-electron chi connectivity index (χ3n) is 9.01. The first-order chi connectivity index (χ1) is 22.8. The van der Waals surface area contributed by atoms with E-state index < -0.39 is 29.9 Å². The van der Waals surface area contributed by atoms with E-state index in [2.05, 4.69) is 22.9 Å². The Morgan fingerprint density at radius 1 is 0.596 bits per heavy atom. The van der Waals surface area contributed by atoms with Crippen LogP contribution in [-0.2, 0) is 14.4 Å². The van der Waals surface area contributed by atoms with E-state index in [-0.39, 0.29) is 25.3 Å². The molecule has 0 aromatic heterocycles. The lowest BCUT2D eigenvalue weighted by Gasteiger charge is -2.17. The largest absolute Gasteiger partial charge is 0.480 e. The van der Waals surface area contributed by atoms with Gasteiger partial charge >= 0.3 is 5.97 Å². The van der Waals surface area contributed by atoms with Crippen LogP contribution < -0.4 is 27.4 Å². The molecule has 0 aliphatic heterocycles. The number of carbonyl (C=O) groups is 3. The van der Waals surface area contributed by atoms with Crippen LogP contribution >= 0.6 is 0 Å². The van der Waals surface area contributed by atoms with Gasteiger partial charge in [-0.2, -0.15) is 0 Å². The van der Waals surface area contributed by atoms with Crippen LogP contribution in [0.4, 0.5) is 0 Å². The maximum Gasteiger partial charge on any atom is 0.326 e. The zero-order valence-electron chi connectivity index (χ0n) is 30.2. The van der Waals surface area contributed by atoms with E-state index in [0.717, 1.165) is 12.8 Å². The minimum absolute atomic E-state index is 0.0231. The first-order valence-electron chi connectivity index (χ1n) is 19.4. The van der Waals surface area contributed by atoms with Crippen molar-refractivity contribution in [2.24, 2.45) is 11.5 Å². The molecule has 2 atom stereocenters. The Morgan fingerprint density at radius 3 is 1.30 bits per heavy atom. The van der Waals surface area contributed by atoms with Crippen LogP contribution in [0.25, 0.3) is 0 Å². The molecule has 0 bridgehead atoms. The maximum absolute atomic E-state index is 12.1. The summed E-state index contributed by atoms with van der Waals surface area (Å²) in [7, 11) is 0. The summed E-state index contributed by atoms with van der Waals surface area (Å²) in [6.07, 6.45) is 35.5. The maximum atomic E-state index is 12.1. The molecule has 0 spiro atoms. The molecule has 0 saturated heterocycles. The molecule has 47 heavy (non-hydrogen) atoms. The van der Waals surface area contributed by atoms with Crippen molar-refractivity contribution in [3.05, 3.63) is 0 Å². The monoisotopic (exact) mass is 667 g/mol. The van der Waals surface area contributed by atoms with Gasteiger partial charge in [0, 0.05) is 6.54 Å². The van der Waals surface area contributed by atoms with Crippen molar-refractivity contribution in [2.45, 2.75) is 199 Å². The number of rotatable bonds is 35. The Balaban J connectivity index is 3.39. The molecule has 0 aromatic rings. The zero-order valence-corrected chi connectivity index (χ0v) is 30.2. The standard InChI is InChI=1S/C37H74N6O4/c1-2-3-4-5-6-7-8-9-10-11-12-13-14-15-16-17-18-19-20-21-22-23-24-25-26-27-30-41-34(44)31-42-35(45)32(38)28-29-33(36(46)47)43-37(39)40/h32-33H,2-31,38H2,1H3,(H,41,44)(H,42,45)(H,46,47)(H4,39,40,43)/t32-,33?/m0/s1. The highest BCUT2D eigenvalue weighted by molar-refractivity contribution is 5.87. The normalized spacial score (nSPS) is 12.4. The van der Waals surface area contributed by atoms with Crippen molar-refractivity contribution in [1.29, 1.82) is 5.41 Å². The van der Waals surface area contributed by atoms with Crippen LogP contribution in [0.2, 0.25) is 0 Å². The molecule has 0 aliphatic rings. The van der Waals surface area contributed by atoms with E-state index >= 15 is 0 Å². The lowest BCUT2D eigenvalue weighted by molar-refractivity contribution is -0.139. The Kier molecular flexibility index (Phi) is 31.9. The molecule has 0 aliphatic carbocycles. The molecular weight excluding hydrogens is 592 g/mol. The Bertz CT molecular complexity index is 782. The molecule has 10 nitrogen and oxygen atoms in total. The number of unbranched alkanes of at least 4 members (excludes halogenated alkanes) is 25. The van der Waals surface area contributed by atoms with Crippen LogP contribution in [0.1, 0.15) is 187 Å². The Morgan fingerprint density at radius 2 is 0.957 bits per heavy atom. The molecule has 10 heteroatoms. The van der Waals surface area contributed by atoms with Gasteiger partial charge in [0.2, 0.25) is 11.8 Å². The van der Waals surface area contributed by atoms with Gasteiger partial charge in [0.05, 0.1) is 12.6 Å². The summed E-state index contributed by atoms with van der Waals surface area (Å²) in [4.78, 5) is 35.3. The van der Waals surface area contributed by atoms with E-state index in [1.807, 2.05) is 0 Å². The van der Waals surface area contributed by atoms with E-state index in [4.69, 9.17) is 22.0 Å². The van der Waals surface area contributed by atoms with Gasteiger partial charge in [-0.05, 0) is 19.3 Å². The lowest BCUT2D eigenvalue weighted by Crippen LogP contribution is -2.47. The van der Waals surface area contributed by atoms with Crippen LogP contribution in [0.5, 0.6) is 0 Å². The number of carbonyl (C=O) groups excluding carboxylic acids is 2. The predicted molar refractivity (Wildman–Crippen MR) is 195 cm³/mol. The predicted octanol–water partition coefficient (Wildman–Crippen LogP) is 7.43. The molecule has 2 amide bonds. The smallest absolute Gasteiger partial charge is 0.326 e. The fraction of sp³-hybridized carbons (Fsp3) is 0.892. The first-order valence-corrected chi connectivity index (χ1v) is 19.4. The van der Waals surface area contributed by atoms with Crippen LogP contribution in [0.15, 0.2) is 0 Å². The van der Waals surface area contributed by atoms with Gasteiger partial charge in [-0.3, -0.25) is 15.0 Å². The molecule has 0 fully saturated rings. The SMILES string of the molecule is CCCCCCCCCCCCCCCCCCCCCCCCCCCCNC(=O)CNC(=O)[C@@H](N)CCC(NC(=N)N)C(=O)O. The number of carboxylic acids is 1. The van der Waals surface area contributed by atoms with E-state index in [1.54, 1.807) is 0 Å². The summed E-state index contributed by atoms with van der Waals surface area (Å²) in [5.74, 6) is -2.44. The van der Waals surface area contributed by atoms with Crippen molar-refractivity contribution in [1.82, 2.24) is 16.0 Å². The fourth-order valence-electron chi connectivity index (χ4n) is 5.95. The quantitative estimate of drug-likeness (QED) is 0.0208. The molecule has 0 heterocycles. The minimum atomic E-state index is -1.18. The van der Waals surface area contributed by atoms with Crippen LogP contribution in [-0.4, -0.2) is 54.0 Å². The van der Waals surface area contributed by atoms with E-state index in [1.165, 1.54) is 154 Å². The second kappa shape index (κ2) is 33.5. The fourth-order valence-corrected chi connectivity index (χ4v) is 5.95. The van der Waals surface area contributed by atoms with Crippen molar-refractivity contribution in [2.75, 3.05) is 13.1 Å². The average Bonchev–Trinajstić information content (AvgIpc) is 3.04. The number of nitrogens with one attached hydrogen (secondary N) is 4. The number of nitrogens with two attached hydrogens (primary N) is 2. The highest BCUT2D eigenvalue weighted by atomic mass is 16.4. The van der Waals surface area contributed by atoms with Crippen molar-refractivity contribution in [3.63, 3.8) is 0 Å². The Labute approximate surface area is 287 Å². The topological polar surface area (TPSA) is 183 Å². The highest BCUT2D eigenvalue weighted by Gasteiger charge is 2.21. The summed E-state index contributed by atoms with van der Waals surface area (Å²) < 4.78 is 0. The van der Waals surface area contributed by atoms with Crippen LogP contribution in [0.3, 0.4) is 0 Å². The van der Waals surface area contributed by atoms with Crippen molar-refractivity contribution in [3.8, 4) is 0 Å². The highest BCUT2D eigenvalue weighted by Crippen LogP contribution is 2.16. The number of amides is 2. The summed E-state index contributed by atoms with van der Waals surface area (Å²) in [6, 6.07) is -2.06. The summed E-state index contributed by atoms with van der Waals surface area (Å²) in [5.41, 5.74) is 11.0. The number of hydrogen-bond donors (Lipinski definition) is 7. The molecule has 276 valence electrons. The van der Waals surface area contributed by atoms with E-state index in [9.17, 15) is 14.4 Å². The lowest BCUT2D eigenvalue weighted by atomic mass is 10.0. The van der Waals surface area contributed by atoms with E-state index in [0.29, 0.717) is 6.54 Å². The number of aliphatic carboxylic acids is 1. The van der Waals surface area contributed by atoms with Gasteiger partial charge in [-0.15, -0.1) is 0 Å². The average molecular weight is 667 g/mol. The van der Waals surface area contributed by atoms with Gasteiger partial charge in [-0.25, -0.2) is 4.79 Å². The van der Waals surface area contributed by atoms with Crippen LogP contribution in [0, 0.1) is 5.41 Å². The molecule has 0 aromatic carbocycles.